The maximum absolute atomic E-state index is 12.6. The van der Waals surface area contributed by atoms with Gasteiger partial charge in [-0.2, -0.15) is 5.10 Å². The number of amides is 1. The minimum Gasteiger partial charge on any atom is -0.375 e. The van der Waals surface area contributed by atoms with Crippen LogP contribution in [-0.4, -0.2) is 45.9 Å². The molecular formula is C17H19N3O2. The lowest BCUT2D eigenvalue weighted by molar-refractivity contribution is -0.169. The van der Waals surface area contributed by atoms with Crippen molar-refractivity contribution in [1.82, 2.24) is 14.7 Å². The highest BCUT2D eigenvalue weighted by molar-refractivity contribution is 5.94. The molecule has 2 aromatic rings. The molecule has 0 saturated carbocycles. The Morgan fingerprint density at radius 3 is 2.41 bits per heavy atom. The van der Waals surface area contributed by atoms with Crippen LogP contribution in [0.1, 0.15) is 29.6 Å². The van der Waals surface area contributed by atoms with E-state index >= 15 is 0 Å². The van der Waals surface area contributed by atoms with Crippen LogP contribution in [0.4, 0.5) is 0 Å². The minimum absolute atomic E-state index is 0.0841. The summed E-state index contributed by atoms with van der Waals surface area (Å²) in [7, 11) is 0. The van der Waals surface area contributed by atoms with Crippen LogP contribution >= 0.6 is 0 Å². The molecule has 0 bridgehead atoms. The minimum atomic E-state index is 0.0841. The normalized spacial score (nSPS) is 19.9. The first-order valence-corrected chi connectivity index (χ1v) is 7.79. The summed E-state index contributed by atoms with van der Waals surface area (Å²) in [4.78, 5) is 14.5. The van der Waals surface area contributed by atoms with E-state index in [0.29, 0.717) is 0 Å². The lowest BCUT2D eigenvalue weighted by atomic mass is 9.84. The molecule has 5 nitrogen and oxygen atoms in total. The average molecular weight is 297 g/mol. The Hall–Kier alpha value is -2.14. The molecule has 1 amide bonds. The zero-order valence-electron chi connectivity index (χ0n) is 12.4. The number of likely N-dealkylation sites (tertiary alicyclic amines) is 1. The van der Waals surface area contributed by atoms with Gasteiger partial charge in [0.25, 0.3) is 5.91 Å². The molecule has 2 aliphatic rings. The number of ether oxygens (including phenoxy) is 1. The maximum atomic E-state index is 12.6. The van der Waals surface area contributed by atoms with E-state index < -0.39 is 0 Å². The molecule has 1 aromatic carbocycles. The molecule has 2 aliphatic heterocycles. The van der Waals surface area contributed by atoms with E-state index in [2.05, 4.69) is 5.10 Å². The third kappa shape index (κ3) is 2.31. The average Bonchev–Trinajstić information content (AvgIpc) is 3.07. The molecular weight excluding hydrogens is 278 g/mol. The summed E-state index contributed by atoms with van der Waals surface area (Å²) in [5.41, 5.74) is 1.78. The molecule has 114 valence electrons. The number of rotatable bonds is 2. The second kappa shape index (κ2) is 5.25. The van der Waals surface area contributed by atoms with Crippen molar-refractivity contribution < 1.29 is 9.53 Å². The number of hydrogen-bond acceptors (Lipinski definition) is 3. The fourth-order valence-corrected chi connectivity index (χ4v) is 3.26. The summed E-state index contributed by atoms with van der Waals surface area (Å²) in [6.45, 7) is 2.46. The van der Waals surface area contributed by atoms with Crippen molar-refractivity contribution in [1.29, 1.82) is 0 Å². The second-order valence-electron chi connectivity index (χ2n) is 6.07. The smallest absolute Gasteiger partial charge is 0.253 e. The van der Waals surface area contributed by atoms with Crippen LogP contribution in [0.25, 0.3) is 5.69 Å². The molecule has 1 spiro atoms. The summed E-state index contributed by atoms with van der Waals surface area (Å²) in [5, 5.41) is 4.19. The van der Waals surface area contributed by atoms with E-state index in [-0.39, 0.29) is 11.5 Å². The zero-order chi connectivity index (χ0) is 15.0. The highest BCUT2D eigenvalue weighted by atomic mass is 16.5. The fourth-order valence-electron chi connectivity index (χ4n) is 3.26. The first kappa shape index (κ1) is 13.5. The van der Waals surface area contributed by atoms with Gasteiger partial charge in [-0.05, 0) is 49.6 Å². The van der Waals surface area contributed by atoms with Gasteiger partial charge >= 0.3 is 0 Å². The van der Waals surface area contributed by atoms with Gasteiger partial charge in [0.15, 0.2) is 0 Å². The van der Waals surface area contributed by atoms with Crippen molar-refractivity contribution in [2.75, 3.05) is 19.7 Å². The van der Waals surface area contributed by atoms with Gasteiger partial charge in [0, 0.05) is 31.0 Å². The van der Waals surface area contributed by atoms with Crippen molar-refractivity contribution in [3.63, 3.8) is 0 Å². The molecule has 2 saturated heterocycles. The molecule has 22 heavy (non-hydrogen) atoms. The van der Waals surface area contributed by atoms with Gasteiger partial charge in [0.2, 0.25) is 0 Å². The third-order valence-corrected chi connectivity index (χ3v) is 4.81. The number of nitrogens with zero attached hydrogens (tertiary/aromatic N) is 3. The molecule has 3 heterocycles. The molecule has 5 heteroatoms. The highest BCUT2D eigenvalue weighted by Gasteiger charge is 2.41. The number of aromatic nitrogens is 2. The Labute approximate surface area is 129 Å². The largest absolute Gasteiger partial charge is 0.375 e. The van der Waals surface area contributed by atoms with Crippen LogP contribution in [0.2, 0.25) is 0 Å². The Balaban J connectivity index is 1.44. The van der Waals surface area contributed by atoms with Gasteiger partial charge in [-0.25, -0.2) is 4.68 Å². The van der Waals surface area contributed by atoms with E-state index in [0.717, 1.165) is 50.2 Å². The monoisotopic (exact) mass is 297 g/mol. The van der Waals surface area contributed by atoms with Crippen LogP contribution in [0, 0.1) is 0 Å². The van der Waals surface area contributed by atoms with E-state index in [1.807, 2.05) is 41.4 Å². The van der Waals surface area contributed by atoms with Gasteiger partial charge in [-0.3, -0.25) is 4.79 Å². The van der Waals surface area contributed by atoms with Gasteiger partial charge in [0.05, 0.1) is 17.9 Å². The van der Waals surface area contributed by atoms with Crippen LogP contribution in [0.5, 0.6) is 0 Å². The summed E-state index contributed by atoms with van der Waals surface area (Å²) in [6, 6.07) is 9.50. The third-order valence-electron chi connectivity index (χ3n) is 4.81. The summed E-state index contributed by atoms with van der Waals surface area (Å²) >= 11 is 0. The highest BCUT2D eigenvalue weighted by Crippen LogP contribution is 2.36. The van der Waals surface area contributed by atoms with E-state index in [4.69, 9.17) is 4.74 Å². The standard InChI is InChI=1S/C17H19N3O2/c21-16(19-11-6-17(7-12-19)8-13-22-17)14-2-4-15(5-3-14)20-10-1-9-18-20/h1-5,9-10H,6-8,11-13H2. The molecule has 0 unspecified atom stereocenters. The van der Waals surface area contributed by atoms with Crippen molar-refractivity contribution in [3.05, 3.63) is 48.3 Å². The van der Waals surface area contributed by atoms with Crippen molar-refractivity contribution in [2.24, 2.45) is 0 Å². The molecule has 4 rings (SSSR count). The van der Waals surface area contributed by atoms with Crippen molar-refractivity contribution in [2.45, 2.75) is 24.9 Å². The van der Waals surface area contributed by atoms with Gasteiger partial charge in [-0.15, -0.1) is 0 Å². The van der Waals surface area contributed by atoms with Gasteiger partial charge in [0.1, 0.15) is 0 Å². The van der Waals surface area contributed by atoms with E-state index in [1.165, 1.54) is 0 Å². The van der Waals surface area contributed by atoms with Gasteiger partial charge in [-0.1, -0.05) is 0 Å². The van der Waals surface area contributed by atoms with Crippen molar-refractivity contribution >= 4 is 5.91 Å². The Morgan fingerprint density at radius 1 is 1.14 bits per heavy atom. The predicted octanol–water partition coefficient (Wildman–Crippen LogP) is 2.27. The Morgan fingerprint density at radius 2 is 1.86 bits per heavy atom. The SMILES string of the molecule is O=C(c1ccc(-n2cccn2)cc1)N1CCC2(CCO2)CC1. The van der Waals surface area contributed by atoms with E-state index in [1.54, 1.807) is 10.9 Å². The van der Waals surface area contributed by atoms with Crippen LogP contribution < -0.4 is 0 Å². The fraction of sp³-hybridized carbons (Fsp3) is 0.412. The van der Waals surface area contributed by atoms with Crippen LogP contribution in [-0.2, 0) is 4.74 Å². The molecule has 0 radical (unpaired) electrons. The number of hydrogen-bond donors (Lipinski definition) is 0. The summed E-state index contributed by atoms with van der Waals surface area (Å²) < 4.78 is 7.49. The topological polar surface area (TPSA) is 47.4 Å². The van der Waals surface area contributed by atoms with Crippen LogP contribution in [0.15, 0.2) is 42.7 Å². The van der Waals surface area contributed by atoms with Gasteiger partial charge < -0.3 is 9.64 Å². The Kier molecular flexibility index (Phi) is 3.22. The first-order valence-electron chi connectivity index (χ1n) is 7.79. The van der Waals surface area contributed by atoms with Crippen LogP contribution in [0.3, 0.4) is 0 Å². The lowest BCUT2D eigenvalue weighted by Crippen LogP contribution is -2.53. The molecule has 2 fully saturated rings. The predicted molar refractivity (Wildman–Crippen MR) is 82.0 cm³/mol. The number of carbonyl (C=O) groups excluding carboxylic acids is 1. The molecule has 0 atom stereocenters. The zero-order valence-corrected chi connectivity index (χ0v) is 12.4. The second-order valence-corrected chi connectivity index (χ2v) is 6.07. The van der Waals surface area contributed by atoms with E-state index in [9.17, 15) is 4.79 Å². The summed E-state index contributed by atoms with van der Waals surface area (Å²) in [5.74, 6) is 0.112. The quantitative estimate of drug-likeness (QED) is 0.854. The number of piperidine rings is 1. The lowest BCUT2D eigenvalue weighted by Gasteiger charge is -2.47. The molecule has 1 aromatic heterocycles. The molecule has 0 N–H and O–H groups in total. The maximum Gasteiger partial charge on any atom is 0.253 e. The number of benzene rings is 1. The molecule has 0 aliphatic carbocycles. The Bertz CT molecular complexity index is 650. The van der Waals surface area contributed by atoms with Crippen molar-refractivity contribution in [3.8, 4) is 5.69 Å². The summed E-state index contributed by atoms with van der Waals surface area (Å²) in [6.07, 6.45) is 6.70. The first-order chi connectivity index (χ1) is 10.8. The number of carbonyl (C=O) groups is 1.